The third-order valence-corrected chi connectivity index (χ3v) is 3.99. The van der Waals surface area contributed by atoms with Crippen LogP contribution in [0.2, 0.25) is 0 Å². The quantitative estimate of drug-likeness (QED) is 0.588. The molecule has 2 aromatic carbocycles. The van der Waals surface area contributed by atoms with E-state index in [9.17, 15) is 31.9 Å². The van der Waals surface area contributed by atoms with Gasteiger partial charge in [0.25, 0.3) is 0 Å². The molecule has 0 radical (unpaired) electrons. The highest BCUT2D eigenvalue weighted by Gasteiger charge is 2.32. The van der Waals surface area contributed by atoms with Crippen molar-refractivity contribution in [2.75, 3.05) is 0 Å². The molecule has 1 heterocycles. The lowest BCUT2D eigenvalue weighted by atomic mass is 10.0. The smallest absolute Gasteiger partial charge is 0.478 e. The maximum atomic E-state index is 14.1. The van der Waals surface area contributed by atoms with Crippen LogP contribution in [-0.4, -0.2) is 22.4 Å². The van der Waals surface area contributed by atoms with Crippen LogP contribution in [0.4, 0.5) is 22.0 Å². The Kier molecular flexibility index (Phi) is 5.49. The number of hydrogen-bond donors (Lipinski definition) is 1. The zero-order chi connectivity index (χ0) is 21.2. The minimum atomic E-state index is -4.94. The fourth-order valence-electron chi connectivity index (χ4n) is 2.74. The van der Waals surface area contributed by atoms with Crippen LogP contribution in [0.1, 0.15) is 21.6 Å². The number of ether oxygens (including phenoxy) is 1. The van der Waals surface area contributed by atoms with Crippen LogP contribution >= 0.6 is 0 Å². The summed E-state index contributed by atoms with van der Waals surface area (Å²) in [5, 5.41) is 9.37. The molecule has 4 nitrogen and oxygen atoms in total. The average Bonchev–Trinajstić information content (AvgIpc) is 2.64. The Morgan fingerprint density at radius 1 is 1.00 bits per heavy atom. The van der Waals surface area contributed by atoms with E-state index in [0.717, 1.165) is 18.2 Å². The van der Waals surface area contributed by atoms with Crippen LogP contribution in [0.25, 0.3) is 11.3 Å². The van der Waals surface area contributed by atoms with Crippen molar-refractivity contribution in [3.8, 4) is 17.0 Å². The number of carboxylic acids is 1. The van der Waals surface area contributed by atoms with E-state index in [-0.39, 0.29) is 34.5 Å². The number of carbonyl (C=O) groups is 1. The molecule has 3 aromatic rings. The lowest BCUT2D eigenvalue weighted by molar-refractivity contribution is -0.274. The molecule has 0 unspecified atom stereocenters. The third-order valence-electron chi connectivity index (χ3n) is 3.99. The van der Waals surface area contributed by atoms with Crippen molar-refractivity contribution in [2.45, 2.75) is 12.8 Å². The highest BCUT2D eigenvalue weighted by molar-refractivity contribution is 5.89. The van der Waals surface area contributed by atoms with Crippen LogP contribution in [0.15, 0.2) is 54.6 Å². The number of benzene rings is 2. The molecule has 0 saturated heterocycles. The van der Waals surface area contributed by atoms with Gasteiger partial charge in [-0.05, 0) is 30.3 Å². The second kappa shape index (κ2) is 7.86. The molecule has 3 rings (SSSR count). The van der Waals surface area contributed by atoms with Crippen LogP contribution in [0, 0.1) is 11.6 Å². The molecule has 0 aliphatic heterocycles. The first kappa shape index (κ1) is 20.2. The molecule has 0 saturated carbocycles. The van der Waals surface area contributed by atoms with Crippen molar-refractivity contribution in [3.05, 3.63) is 83.1 Å². The molecule has 0 spiro atoms. The molecule has 0 fully saturated rings. The molecule has 0 aliphatic rings. The monoisotopic (exact) mass is 409 g/mol. The van der Waals surface area contributed by atoms with Crippen LogP contribution < -0.4 is 4.74 Å². The minimum Gasteiger partial charge on any atom is -0.478 e. The molecule has 0 amide bonds. The molecule has 150 valence electrons. The van der Waals surface area contributed by atoms with E-state index in [0.29, 0.717) is 0 Å². The molecule has 9 heteroatoms. The molecule has 0 atom stereocenters. The first-order valence-electron chi connectivity index (χ1n) is 8.17. The fourth-order valence-corrected chi connectivity index (χ4v) is 2.74. The second-order valence-electron chi connectivity index (χ2n) is 5.93. The SMILES string of the molecule is O=C(O)c1ccc(-c2cccc(F)c2F)nc1Cc1ccccc1OC(F)(F)F. The van der Waals surface area contributed by atoms with Gasteiger partial charge in [-0.25, -0.2) is 13.6 Å². The minimum absolute atomic E-state index is 0.0247. The number of halogens is 5. The van der Waals surface area contributed by atoms with Crippen molar-refractivity contribution in [1.82, 2.24) is 4.98 Å². The normalized spacial score (nSPS) is 11.3. The summed E-state index contributed by atoms with van der Waals surface area (Å²) in [6.07, 6.45) is -5.27. The summed E-state index contributed by atoms with van der Waals surface area (Å²) in [4.78, 5) is 15.6. The largest absolute Gasteiger partial charge is 0.573 e. The maximum Gasteiger partial charge on any atom is 0.573 e. The van der Waals surface area contributed by atoms with Gasteiger partial charge >= 0.3 is 12.3 Å². The summed E-state index contributed by atoms with van der Waals surface area (Å²) in [6.45, 7) is 0. The number of aromatic nitrogens is 1. The topological polar surface area (TPSA) is 59.4 Å². The lowest BCUT2D eigenvalue weighted by Gasteiger charge is -2.14. The predicted octanol–water partition coefficient (Wildman–Crippen LogP) is 5.21. The number of aromatic carboxylic acids is 1. The summed E-state index contributed by atoms with van der Waals surface area (Å²) in [5.41, 5.74) is -0.653. The van der Waals surface area contributed by atoms with Gasteiger partial charge in [-0.15, -0.1) is 13.2 Å². The molecular weight excluding hydrogens is 397 g/mol. The van der Waals surface area contributed by atoms with E-state index in [1.54, 1.807) is 0 Å². The number of carboxylic acid groups (broad SMARTS) is 1. The standard InChI is InChI=1S/C20H12F5NO3/c21-14-6-3-5-12(18(14)22)15-9-8-13(19(27)28)16(26-15)10-11-4-1-2-7-17(11)29-20(23,24)25/h1-9H,10H2,(H,27,28). The van der Waals surface area contributed by atoms with Crippen molar-refractivity contribution >= 4 is 5.97 Å². The first-order valence-corrected chi connectivity index (χ1v) is 8.17. The van der Waals surface area contributed by atoms with Crippen molar-refractivity contribution in [1.29, 1.82) is 0 Å². The molecule has 1 aromatic heterocycles. The predicted molar refractivity (Wildman–Crippen MR) is 92.5 cm³/mol. The summed E-state index contributed by atoms with van der Waals surface area (Å²) >= 11 is 0. The Hall–Kier alpha value is -3.49. The Bertz CT molecular complexity index is 1070. The number of rotatable bonds is 5. The molecule has 0 aliphatic carbocycles. The van der Waals surface area contributed by atoms with E-state index in [4.69, 9.17) is 0 Å². The highest BCUT2D eigenvalue weighted by Crippen LogP contribution is 2.30. The van der Waals surface area contributed by atoms with Crippen molar-refractivity contribution in [3.63, 3.8) is 0 Å². The van der Waals surface area contributed by atoms with Crippen molar-refractivity contribution < 1.29 is 36.6 Å². The Labute approximate surface area is 161 Å². The van der Waals surface area contributed by atoms with Crippen LogP contribution in [0.5, 0.6) is 5.75 Å². The Morgan fingerprint density at radius 3 is 2.41 bits per heavy atom. The van der Waals surface area contributed by atoms with Gasteiger partial charge in [0, 0.05) is 17.5 Å². The molecule has 0 bridgehead atoms. The lowest BCUT2D eigenvalue weighted by Crippen LogP contribution is -2.18. The van der Waals surface area contributed by atoms with Gasteiger partial charge in [0.2, 0.25) is 0 Å². The van der Waals surface area contributed by atoms with Gasteiger partial charge in [0.15, 0.2) is 11.6 Å². The Morgan fingerprint density at radius 2 is 1.72 bits per heavy atom. The first-order chi connectivity index (χ1) is 13.7. The van der Waals surface area contributed by atoms with E-state index in [2.05, 4.69) is 9.72 Å². The third kappa shape index (κ3) is 4.68. The summed E-state index contributed by atoms with van der Waals surface area (Å²) in [5.74, 6) is -4.17. The van der Waals surface area contributed by atoms with E-state index in [1.165, 1.54) is 36.4 Å². The van der Waals surface area contributed by atoms with E-state index < -0.39 is 29.7 Å². The fraction of sp³-hybridized carbons (Fsp3) is 0.100. The zero-order valence-electron chi connectivity index (χ0n) is 14.5. The van der Waals surface area contributed by atoms with Gasteiger partial charge in [0.05, 0.1) is 17.0 Å². The summed E-state index contributed by atoms with van der Waals surface area (Å²) in [6, 6.07) is 10.9. The number of para-hydroxylation sites is 1. The highest BCUT2D eigenvalue weighted by atomic mass is 19.4. The van der Waals surface area contributed by atoms with Crippen LogP contribution in [-0.2, 0) is 6.42 Å². The second-order valence-corrected chi connectivity index (χ2v) is 5.93. The van der Waals surface area contributed by atoms with Gasteiger partial charge < -0.3 is 9.84 Å². The van der Waals surface area contributed by atoms with Gasteiger partial charge in [0.1, 0.15) is 5.75 Å². The molecule has 1 N–H and O–H groups in total. The maximum absolute atomic E-state index is 14.1. The number of nitrogens with zero attached hydrogens (tertiary/aromatic N) is 1. The number of hydrogen-bond acceptors (Lipinski definition) is 3. The zero-order valence-corrected chi connectivity index (χ0v) is 14.5. The number of alkyl halides is 3. The van der Waals surface area contributed by atoms with E-state index >= 15 is 0 Å². The summed E-state index contributed by atoms with van der Waals surface area (Å²) < 4.78 is 69.4. The summed E-state index contributed by atoms with van der Waals surface area (Å²) in [7, 11) is 0. The van der Waals surface area contributed by atoms with Gasteiger partial charge in [-0.3, -0.25) is 4.98 Å². The van der Waals surface area contributed by atoms with Crippen LogP contribution in [0.3, 0.4) is 0 Å². The number of pyridine rings is 1. The van der Waals surface area contributed by atoms with Gasteiger partial charge in [-0.1, -0.05) is 24.3 Å². The molecule has 29 heavy (non-hydrogen) atoms. The average molecular weight is 409 g/mol. The van der Waals surface area contributed by atoms with E-state index in [1.807, 2.05) is 0 Å². The molecular formula is C20H12F5NO3. The Balaban J connectivity index is 2.07. The van der Waals surface area contributed by atoms with Crippen molar-refractivity contribution in [2.24, 2.45) is 0 Å². The van der Waals surface area contributed by atoms with Gasteiger partial charge in [-0.2, -0.15) is 0 Å².